The van der Waals surface area contributed by atoms with Gasteiger partial charge in [0.15, 0.2) is 0 Å². The smallest absolute Gasteiger partial charge is 0.119 e. The van der Waals surface area contributed by atoms with Crippen molar-refractivity contribution in [2.45, 2.75) is 43.7 Å². The average Bonchev–Trinajstić information content (AvgIpc) is 3.19. The van der Waals surface area contributed by atoms with E-state index in [2.05, 4.69) is 17.4 Å². The number of fused-ring (bicyclic) bond motifs is 1. The summed E-state index contributed by atoms with van der Waals surface area (Å²) in [7, 11) is 1.69. The maximum absolute atomic E-state index is 10.7. The van der Waals surface area contributed by atoms with E-state index in [-0.39, 0.29) is 0 Å². The molecule has 1 atom stereocenters. The second-order valence-electron chi connectivity index (χ2n) is 5.69. The van der Waals surface area contributed by atoms with Crippen molar-refractivity contribution < 1.29 is 9.84 Å². The summed E-state index contributed by atoms with van der Waals surface area (Å²) in [5.74, 6) is 0.883. The fourth-order valence-electron chi connectivity index (χ4n) is 2.72. The monoisotopic (exact) mass is 247 g/mol. The quantitative estimate of drug-likeness (QED) is 0.850. The highest BCUT2D eigenvalue weighted by Crippen LogP contribution is 2.31. The van der Waals surface area contributed by atoms with Crippen LogP contribution in [0.1, 0.15) is 30.4 Å². The number of aryl methyl sites for hydroxylation is 1. The molecule has 18 heavy (non-hydrogen) atoms. The van der Waals surface area contributed by atoms with Crippen LogP contribution in [0.3, 0.4) is 0 Å². The number of nitrogens with one attached hydrogen (secondary N) is 1. The van der Waals surface area contributed by atoms with E-state index in [4.69, 9.17) is 4.74 Å². The molecular weight excluding hydrogens is 226 g/mol. The lowest BCUT2D eigenvalue weighted by atomic mass is 9.80. The van der Waals surface area contributed by atoms with Gasteiger partial charge < -0.3 is 15.2 Å². The fraction of sp³-hybridized carbons (Fsp3) is 0.600. The summed E-state index contributed by atoms with van der Waals surface area (Å²) in [6, 6.07) is 6.85. The Morgan fingerprint density at radius 3 is 2.94 bits per heavy atom. The lowest BCUT2D eigenvalue weighted by Crippen LogP contribution is -2.45. The van der Waals surface area contributed by atoms with E-state index in [1.54, 1.807) is 7.11 Å². The number of hydrogen-bond acceptors (Lipinski definition) is 3. The zero-order chi connectivity index (χ0) is 12.6. The molecule has 1 aromatic carbocycles. The van der Waals surface area contributed by atoms with E-state index in [1.807, 2.05) is 6.07 Å². The van der Waals surface area contributed by atoms with Gasteiger partial charge in [-0.1, -0.05) is 6.07 Å². The average molecular weight is 247 g/mol. The molecular formula is C15H21NO2. The van der Waals surface area contributed by atoms with E-state index in [0.29, 0.717) is 12.6 Å². The minimum atomic E-state index is -0.581. The first kappa shape index (κ1) is 12.0. The predicted molar refractivity (Wildman–Crippen MR) is 71.0 cm³/mol. The molecule has 0 radical (unpaired) electrons. The van der Waals surface area contributed by atoms with Crippen LogP contribution in [0.5, 0.6) is 5.75 Å². The standard InChI is InChI=1S/C15H21NO2/c1-18-14-5-2-11-6-7-15(17,9-12(11)8-14)10-16-13-3-4-13/h2,5,8,13,16-17H,3-4,6-7,9-10H2,1H3. The van der Waals surface area contributed by atoms with Gasteiger partial charge in [0.25, 0.3) is 0 Å². The summed E-state index contributed by atoms with van der Waals surface area (Å²) in [6.07, 6.45) is 5.08. The Balaban J connectivity index is 1.73. The van der Waals surface area contributed by atoms with Crippen molar-refractivity contribution in [3.63, 3.8) is 0 Å². The van der Waals surface area contributed by atoms with Gasteiger partial charge in [0.05, 0.1) is 12.7 Å². The third-order valence-corrected chi connectivity index (χ3v) is 4.09. The Morgan fingerprint density at radius 2 is 2.22 bits per heavy atom. The van der Waals surface area contributed by atoms with Gasteiger partial charge in [-0.25, -0.2) is 0 Å². The molecule has 0 heterocycles. The van der Waals surface area contributed by atoms with Crippen molar-refractivity contribution in [2.24, 2.45) is 0 Å². The van der Waals surface area contributed by atoms with Gasteiger partial charge in [-0.3, -0.25) is 0 Å². The lowest BCUT2D eigenvalue weighted by Gasteiger charge is -2.34. The van der Waals surface area contributed by atoms with E-state index in [9.17, 15) is 5.11 Å². The SMILES string of the molecule is COc1ccc2c(c1)CC(O)(CNC1CC1)CC2. The van der Waals surface area contributed by atoms with Gasteiger partial charge in [0.2, 0.25) is 0 Å². The number of methoxy groups -OCH3 is 1. The normalized spacial score (nSPS) is 26.8. The molecule has 98 valence electrons. The van der Waals surface area contributed by atoms with Crippen LogP contribution >= 0.6 is 0 Å². The van der Waals surface area contributed by atoms with E-state index >= 15 is 0 Å². The molecule has 1 unspecified atom stereocenters. The van der Waals surface area contributed by atoms with Crippen LogP contribution in [0, 0.1) is 0 Å². The molecule has 2 aliphatic rings. The van der Waals surface area contributed by atoms with Gasteiger partial charge >= 0.3 is 0 Å². The van der Waals surface area contributed by atoms with Crippen LogP contribution in [-0.4, -0.2) is 30.4 Å². The first-order valence-corrected chi connectivity index (χ1v) is 6.80. The zero-order valence-corrected chi connectivity index (χ0v) is 10.9. The van der Waals surface area contributed by atoms with Gasteiger partial charge in [-0.05, 0) is 48.9 Å². The summed E-state index contributed by atoms with van der Waals surface area (Å²) in [4.78, 5) is 0. The summed E-state index contributed by atoms with van der Waals surface area (Å²) < 4.78 is 5.26. The molecule has 2 aliphatic carbocycles. The van der Waals surface area contributed by atoms with Crippen LogP contribution in [0.25, 0.3) is 0 Å². The Bertz CT molecular complexity index is 442. The van der Waals surface area contributed by atoms with E-state index in [0.717, 1.165) is 25.0 Å². The Kier molecular flexibility index (Phi) is 3.04. The molecule has 0 spiro atoms. The molecule has 2 N–H and O–H groups in total. The van der Waals surface area contributed by atoms with Crippen LogP contribution in [0.2, 0.25) is 0 Å². The van der Waals surface area contributed by atoms with E-state index < -0.39 is 5.60 Å². The van der Waals surface area contributed by atoms with Gasteiger partial charge in [-0.2, -0.15) is 0 Å². The third-order valence-electron chi connectivity index (χ3n) is 4.09. The Labute approximate surface area is 108 Å². The summed E-state index contributed by atoms with van der Waals surface area (Å²) in [5, 5.41) is 14.1. The molecule has 0 amide bonds. The molecule has 0 bridgehead atoms. The maximum atomic E-state index is 10.7. The molecule has 1 aromatic rings. The van der Waals surface area contributed by atoms with Crippen molar-refractivity contribution >= 4 is 0 Å². The first-order valence-electron chi connectivity index (χ1n) is 6.80. The zero-order valence-electron chi connectivity index (χ0n) is 10.9. The van der Waals surface area contributed by atoms with Crippen molar-refractivity contribution in [3.05, 3.63) is 29.3 Å². The van der Waals surface area contributed by atoms with Gasteiger partial charge in [-0.15, -0.1) is 0 Å². The molecule has 0 aliphatic heterocycles. The van der Waals surface area contributed by atoms with Gasteiger partial charge in [0, 0.05) is 19.0 Å². The molecule has 0 saturated heterocycles. The first-order chi connectivity index (χ1) is 8.68. The molecule has 3 heteroatoms. The van der Waals surface area contributed by atoms with Crippen LogP contribution in [-0.2, 0) is 12.8 Å². The number of hydrogen-bond donors (Lipinski definition) is 2. The van der Waals surface area contributed by atoms with Crippen molar-refractivity contribution in [1.82, 2.24) is 5.32 Å². The Hall–Kier alpha value is -1.06. The topological polar surface area (TPSA) is 41.5 Å². The number of ether oxygens (including phenoxy) is 1. The van der Waals surface area contributed by atoms with Crippen molar-refractivity contribution in [3.8, 4) is 5.75 Å². The summed E-state index contributed by atoms with van der Waals surface area (Å²) >= 11 is 0. The molecule has 3 rings (SSSR count). The highest BCUT2D eigenvalue weighted by Gasteiger charge is 2.34. The lowest BCUT2D eigenvalue weighted by molar-refractivity contribution is 0.0264. The molecule has 1 fully saturated rings. The number of benzene rings is 1. The van der Waals surface area contributed by atoms with Crippen molar-refractivity contribution in [2.75, 3.05) is 13.7 Å². The largest absolute Gasteiger partial charge is 0.497 e. The molecule has 3 nitrogen and oxygen atoms in total. The summed E-state index contributed by atoms with van der Waals surface area (Å²) in [6.45, 7) is 0.717. The highest BCUT2D eigenvalue weighted by molar-refractivity contribution is 5.38. The number of rotatable bonds is 4. The van der Waals surface area contributed by atoms with Crippen LogP contribution in [0.4, 0.5) is 0 Å². The minimum Gasteiger partial charge on any atom is -0.497 e. The number of aliphatic hydroxyl groups is 1. The summed E-state index contributed by atoms with van der Waals surface area (Å²) in [5.41, 5.74) is 2.01. The van der Waals surface area contributed by atoms with Crippen molar-refractivity contribution in [1.29, 1.82) is 0 Å². The molecule has 0 aromatic heterocycles. The second-order valence-corrected chi connectivity index (χ2v) is 5.69. The van der Waals surface area contributed by atoms with Crippen LogP contribution < -0.4 is 10.1 Å². The third kappa shape index (κ3) is 2.52. The minimum absolute atomic E-state index is 0.581. The highest BCUT2D eigenvalue weighted by atomic mass is 16.5. The van der Waals surface area contributed by atoms with E-state index in [1.165, 1.54) is 24.0 Å². The predicted octanol–water partition coefficient (Wildman–Crippen LogP) is 1.67. The van der Waals surface area contributed by atoms with Gasteiger partial charge in [0.1, 0.15) is 5.75 Å². The Morgan fingerprint density at radius 1 is 1.39 bits per heavy atom. The second kappa shape index (κ2) is 4.56. The maximum Gasteiger partial charge on any atom is 0.119 e. The van der Waals surface area contributed by atoms with Crippen LogP contribution in [0.15, 0.2) is 18.2 Å². The fourth-order valence-corrected chi connectivity index (χ4v) is 2.72. The molecule has 1 saturated carbocycles.